The summed E-state index contributed by atoms with van der Waals surface area (Å²) in [5, 5.41) is 17.6. The largest absolute Gasteiger partial charge is 0.390 e. The van der Waals surface area contributed by atoms with Gasteiger partial charge in [-0.1, -0.05) is 0 Å². The molecule has 0 unspecified atom stereocenters. The fourth-order valence-corrected chi connectivity index (χ4v) is 2.06. The molecule has 20 heavy (non-hydrogen) atoms. The van der Waals surface area contributed by atoms with Crippen molar-refractivity contribution in [3.8, 4) is 11.2 Å². The number of thiazole rings is 1. The van der Waals surface area contributed by atoms with E-state index in [1.165, 1.54) is 22.2 Å². The van der Waals surface area contributed by atoms with Gasteiger partial charge in [0, 0.05) is 18.1 Å². The van der Waals surface area contributed by atoms with Crippen LogP contribution in [0.25, 0.3) is 5.13 Å². The van der Waals surface area contributed by atoms with Gasteiger partial charge in [0.15, 0.2) is 5.82 Å². The zero-order valence-electron chi connectivity index (χ0n) is 9.98. The maximum absolute atomic E-state index is 12.1. The zero-order chi connectivity index (χ0) is 14.8. The van der Waals surface area contributed by atoms with Crippen LogP contribution < -0.4 is 11.1 Å². The third-order valence-corrected chi connectivity index (χ3v) is 3.08. The number of anilines is 2. The maximum atomic E-state index is 12.1. The Morgan fingerprint density at radius 2 is 2.25 bits per heavy atom. The second kappa shape index (κ2) is 5.38. The van der Waals surface area contributed by atoms with Crippen LogP contribution in [-0.4, -0.2) is 27.5 Å². The number of alkyl halides is 3. The molecule has 0 aliphatic heterocycles. The molecule has 0 aromatic carbocycles. The van der Waals surface area contributed by atoms with Crippen molar-refractivity contribution < 1.29 is 13.2 Å². The number of nitrogens with two attached hydrogens (primary N) is 1. The molecule has 0 fully saturated rings. The normalized spacial score (nSPS) is 11.3. The highest BCUT2D eigenvalue weighted by Crippen LogP contribution is 2.26. The van der Waals surface area contributed by atoms with E-state index in [4.69, 9.17) is 11.0 Å². The minimum absolute atomic E-state index is 0.00220. The summed E-state index contributed by atoms with van der Waals surface area (Å²) in [6.45, 7) is -0.382. The van der Waals surface area contributed by atoms with E-state index in [1.807, 2.05) is 6.07 Å². The van der Waals surface area contributed by atoms with Gasteiger partial charge >= 0.3 is 6.18 Å². The lowest BCUT2D eigenvalue weighted by Crippen LogP contribution is -2.15. The van der Waals surface area contributed by atoms with Crippen LogP contribution in [0.5, 0.6) is 0 Å². The summed E-state index contributed by atoms with van der Waals surface area (Å²) in [6, 6.07) is 1.82. The zero-order valence-corrected chi connectivity index (χ0v) is 10.8. The van der Waals surface area contributed by atoms with Crippen LogP contribution >= 0.6 is 11.3 Å². The average molecular weight is 302 g/mol. The van der Waals surface area contributed by atoms with Gasteiger partial charge < -0.3 is 11.1 Å². The molecule has 0 amide bonds. The monoisotopic (exact) mass is 302 g/mol. The van der Waals surface area contributed by atoms with Crippen LogP contribution in [0.3, 0.4) is 0 Å². The Hall–Kier alpha value is -2.28. The number of hydrogen-bond donors (Lipinski definition) is 2. The Morgan fingerprint density at radius 1 is 1.50 bits per heavy atom. The first-order chi connectivity index (χ1) is 9.42. The molecule has 10 heteroatoms. The predicted molar refractivity (Wildman–Crippen MR) is 67.5 cm³/mol. The molecule has 0 aliphatic carbocycles. The van der Waals surface area contributed by atoms with E-state index in [-0.39, 0.29) is 23.7 Å². The van der Waals surface area contributed by atoms with Gasteiger partial charge in [-0.15, -0.1) is 16.4 Å². The Labute approximate surface area is 115 Å². The smallest absolute Gasteiger partial charge is 0.382 e. The van der Waals surface area contributed by atoms with Gasteiger partial charge in [-0.3, -0.25) is 0 Å². The summed E-state index contributed by atoms with van der Waals surface area (Å²) >= 11 is 1.24. The number of halogens is 3. The first-order valence-corrected chi connectivity index (χ1v) is 6.29. The molecule has 3 N–H and O–H groups in total. The highest BCUT2D eigenvalue weighted by atomic mass is 32.1. The van der Waals surface area contributed by atoms with Crippen LogP contribution in [0.1, 0.15) is 12.0 Å². The van der Waals surface area contributed by atoms with E-state index < -0.39 is 12.6 Å². The molecule has 2 aromatic rings. The van der Waals surface area contributed by atoms with E-state index in [1.54, 1.807) is 5.38 Å². The van der Waals surface area contributed by atoms with Gasteiger partial charge in [-0.2, -0.15) is 23.1 Å². The quantitative estimate of drug-likeness (QED) is 0.902. The van der Waals surface area contributed by atoms with Crippen molar-refractivity contribution >= 4 is 23.0 Å². The summed E-state index contributed by atoms with van der Waals surface area (Å²) in [6.07, 6.45) is -3.77. The van der Waals surface area contributed by atoms with Crippen LogP contribution in [-0.2, 0) is 0 Å². The van der Waals surface area contributed by atoms with Crippen molar-refractivity contribution in [2.45, 2.75) is 12.6 Å². The van der Waals surface area contributed by atoms with Crippen molar-refractivity contribution in [2.24, 2.45) is 0 Å². The molecule has 0 spiro atoms. The Bertz CT molecular complexity index is 625. The van der Waals surface area contributed by atoms with Gasteiger partial charge in [-0.05, 0) is 0 Å². The van der Waals surface area contributed by atoms with Gasteiger partial charge in [-0.25, -0.2) is 4.98 Å². The fourth-order valence-electron chi connectivity index (χ4n) is 1.45. The summed E-state index contributed by atoms with van der Waals surface area (Å²) < 4.78 is 37.5. The van der Waals surface area contributed by atoms with Gasteiger partial charge in [0.25, 0.3) is 0 Å². The van der Waals surface area contributed by atoms with Crippen molar-refractivity contribution in [2.75, 3.05) is 17.6 Å². The molecule has 0 aliphatic rings. The second-order valence-electron chi connectivity index (χ2n) is 3.74. The lowest BCUT2D eigenvalue weighted by molar-refractivity contribution is -0.131. The van der Waals surface area contributed by atoms with Crippen LogP contribution in [0.15, 0.2) is 11.6 Å². The SMILES string of the molecule is N#Cc1c(NCCC(F)(F)F)nn(-c2nccs2)c1N. The minimum Gasteiger partial charge on any atom is -0.382 e. The number of aromatic nitrogens is 3. The van der Waals surface area contributed by atoms with E-state index in [0.29, 0.717) is 5.13 Å². The standard InChI is InChI=1S/C10H9F3N6S/c11-10(12,13)1-2-16-8-6(5-14)7(15)19(18-8)9-17-3-4-20-9/h3-4H,1-2,15H2,(H,16,18). The highest BCUT2D eigenvalue weighted by molar-refractivity contribution is 7.12. The van der Waals surface area contributed by atoms with Crippen LogP contribution in [0.4, 0.5) is 24.8 Å². The molecule has 0 saturated carbocycles. The Kier molecular flexibility index (Phi) is 3.80. The maximum Gasteiger partial charge on any atom is 0.390 e. The van der Waals surface area contributed by atoms with Gasteiger partial charge in [0.2, 0.25) is 5.13 Å². The summed E-state index contributed by atoms with van der Waals surface area (Å²) in [5.74, 6) is 0.0569. The first-order valence-electron chi connectivity index (χ1n) is 5.41. The first kappa shape index (κ1) is 14.1. The number of nitriles is 1. The van der Waals surface area contributed by atoms with E-state index in [9.17, 15) is 13.2 Å². The molecule has 0 atom stereocenters. The Balaban J connectivity index is 2.22. The highest BCUT2D eigenvalue weighted by Gasteiger charge is 2.27. The molecule has 6 nitrogen and oxygen atoms in total. The second-order valence-corrected chi connectivity index (χ2v) is 4.61. The van der Waals surface area contributed by atoms with Crippen molar-refractivity contribution in [3.05, 3.63) is 17.1 Å². The summed E-state index contributed by atoms with van der Waals surface area (Å²) in [4.78, 5) is 3.98. The lowest BCUT2D eigenvalue weighted by atomic mass is 10.3. The van der Waals surface area contributed by atoms with Crippen molar-refractivity contribution in [1.82, 2.24) is 14.8 Å². The molecule has 0 saturated heterocycles. The van der Waals surface area contributed by atoms with Gasteiger partial charge in [0.1, 0.15) is 17.5 Å². The molecular weight excluding hydrogens is 293 g/mol. The summed E-state index contributed by atoms with van der Waals surface area (Å²) in [7, 11) is 0. The predicted octanol–water partition coefficient (Wildman–Crippen LogP) is 2.15. The lowest BCUT2D eigenvalue weighted by Gasteiger charge is -2.06. The van der Waals surface area contributed by atoms with Crippen molar-refractivity contribution in [1.29, 1.82) is 5.26 Å². The van der Waals surface area contributed by atoms with Gasteiger partial charge in [0.05, 0.1) is 6.42 Å². The molecule has 2 rings (SSSR count). The molecule has 106 valence electrons. The van der Waals surface area contributed by atoms with Crippen LogP contribution in [0, 0.1) is 11.3 Å². The van der Waals surface area contributed by atoms with Crippen molar-refractivity contribution in [3.63, 3.8) is 0 Å². The number of nitrogens with one attached hydrogen (secondary N) is 1. The van der Waals surface area contributed by atoms with E-state index in [2.05, 4.69) is 15.4 Å². The van der Waals surface area contributed by atoms with E-state index >= 15 is 0 Å². The Morgan fingerprint density at radius 3 is 2.80 bits per heavy atom. The number of rotatable bonds is 4. The summed E-state index contributed by atoms with van der Waals surface area (Å²) in [5.41, 5.74) is 5.75. The molecule has 0 bridgehead atoms. The number of nitrogens with zero attached hydrogens (tertiary/aromatic N) is 4. The average Bonchev–Trinajstić information content (AvgIpc) is 2.95. The van der Waals surface area contributed by atoms with E-state index in [0.717, 1.165) is 0 Å². The van der Waals surface area contributed by atoms with Crippen LogP contribution in [0.2, 0.25) is 0 Å². The third-order valence-electron chi connectivity index (χ3n) is 2.33. The molecule has 2 aromatic heterocycles. The molecule has 0 radical (unpaired) electrons. The topological polar surface area (TPSA) is 92.5 Å². The number of hydrogen-bond acceptors (Lipinski definition) is 6. The molecule has 2 heterocycles. The number of nitrogen functional groups attached to an aromatic ring is 1. The molecular formula is C10H9F3N6S. The minimum atomic E-state index is -4.27. The third kappa shape index (κ3) is 3.00. The fraction of sp³-hybridized carbons (Fsp3) is 0.300.